The van der Waals surface area contributed by atoms with E-state index in [0.717, 1.165) is 30.2 Å². The predicted octanol–water partition coefficient (Wildman–Crippen LogP) is 3.83. The highest BCUT2D eigenvalue weighted by molar-refractivity contribution is 5.61. The Balaban J connectivity index is 2.05. The van der Waals surface area contributed by atoms with Gasteiger partial charge in [0.05, 0.1) is 6.54 Å². The normalized spacial score (nSPS) is 10.5. The van der Waals surface area contributed by atoms with Crippen LogP contribution in [0.25, 0.3) is 0 Å². The van der Waals surface area contributed by atoms with Crippen LogP contribution in [0, 0.1) is 6.92 Å². The van der Waals surface area contributed by atoms with E-state index < -0.39 is 0 Å². The van der Waals surface area contributed by atoms with Gasteiger partial charge in [-0.05, 0) is 36.8 Å². The second-order valence-corrected chi connectivity index (χ2v) is 4.97. The van der Waals surface area contributed by atoms with Crippen LogP contribution < -0.4 is 10.2 Å². The van der Waals surface area contributed by atoms with Gasteiger partial charge in [0.15, 0.2) is 0 Å². The standard InChI is InChI=1S/C16H22N2O/c1-5-14-8-9-15(19-14)11-17-13-7-6-12(2)16(10-13)18(3)4/h6-10,17H,5,11H2,1-4H3. The zero-order valence-corrected chi connectivity index (χ0v) is 12.2. The molecular weight excluding hydrogens is 236 g/mol. The molecule has 3 heteroatoms. The summed E-state index contributed by atoms with van der Waals surface area (Å²) in [5, 5.41) is 3.40. The van der Waals surface area contributed by atoms with Gasteiger partial charge in [-0.1, -0.05) is 13.0 Å². The summed E-state index contributed by atoms with van der Waals surface area (Å²) in [5.74, 6) is 2.01. The van der Waals surface area contributed by atoms with E-state index in [-0.39, 0.29) is 0 Å². The maximum Gasteiger partial charge on any atom is 0.123 e. The van der Waals surface area contributed by atoms with Crippen molar-refractivity contribution in [2.75, 3.05) is 24.3 Å². The number of benzene rings is 1. The summed E-state index contributed by atoms with van der Waals surface area (Å²) in [4.78, 5) is 2.13. The molecule has 0 unspecified atom stereocenters. The van der Waals surface area contributed by atoms with Crippen molar-refractivity contribution in [1.29, 1.82) is 0 Å². The van der Waals surface area contributed by atoms with Crippen molar-refractivity contribution < 1.29 is 4.42 Å². The molecule has 0 aliphatic carbocycles. The maximum absolute atomic E-state index is 5.68. The molecule has 3 nitrogen and oxygen atoms in total. The van der Waals surface area contributed by atoms with Gasteiger partial charge in [0.25, 0.3) is 0 Å². The van der Waals surface area contributed by atoms with Crippen LogP contribution in [0.5, 0.6) is 0 Å². The minimum Gasteiger partial charge on any atom is -0.464 e. The third-order valence-corrected chi connectivity index (χ3v) is 3.22. The molecule has 0 atom stereocenters. The van der Waals surface area contributed by atoms with Crippen LogP contribution in [0.4, 0.5) is 11.4 Å². The van der Waals surface area contributed by atoms with E-state index in [9.17, 15) is 0 Å². The molecule has 1 heterocycles. The SMILES string of the molecule is CCc1ccc(CNc2ccc(C)c(N(C)C)c2)o1. The van der Waals surface area contributed by atoms with Crippen molar-refractivity contribution in [3.63, 3.8) is 0 Å². The molecule has 1 N–H and O–H groups in total. The lowest BCUT2D eigenvalue weighted by molar-refractivity contribution is 0.476. The second kappa shape index (κ2) is 5.83. The molecular formula is C16H22N2O. The van der Waals surface area contributed by atoms with Crippen molar-refractivity contribution in [3.8, 4) is 0 Å². The number of aryl methyl sites for hydroxylation is 2. The quantitative estimate of drug-likeness (QED) is 0.883. The van der Waals surface area contributed by atoms with Crippen molar-refractivity contribution in [3.05, 3.63) is 47.4 Å². The number of rotatable bonds is 5. The zero-order valence-electron chi connectivity index (χ0n) is 12.2. The van der Waals surface area contributed by atoms with Gasteiger partial charge in [0.2, 0.25) is 0 Å². The first-order valence-electron chi connectivity index (χ1n) is 6.69. The van der Waals surface area contributed by atoms with Crippen molar-refractivity contribution in [1.82, 2.24) is 0 Å². The van der Waals surface area contributed by atoms with Gasteiger partial charge in [-0.2, -0.15) is 0 Å². The Labute approximate surface area is 115 Å². The smallest absolute Gasteiger partial charge is 0.123 e. The fourth-order valence-electron chi connectivity index (χ4n) is 2.10. The fraction of sp³-hybridized carbons (Fsp3) is 0.375. The first-order valence-corrected chi connectivity index (χ1v) is 6.69. The van der Waals surface area contributed by atoms with Crippen LogP contribution in [0.15, 0.2) is 34.7 Å². The van der Waals surface area contributed by atoms with Gasteiger partial charge >= 0.3 is 0 Å². The van der Waals surface area contributed by atoms with Gasteiger partial charge in [-0.25, -0.2) is 0 Å². The zero-order chi connectivity index (χ0) is 13.8. The van der Waals surface area contributed by atoms with Gasteiger partial charge in [-0.15, -0.1) is 0 Å². The topological polar surface area (TPSA) is 28.4 Å². The van der Waals surface area contributed by atoms with Crippen LogP contribution >= 0.6 is 0 Å². The highest BCUT2D eigenvalue weighted by Gasteiger charge is 2.04. The molecule has 0 fully saturated rings. The molecule has 0 bridgehead atoms. The second-order valence-electron chi connectivity index (χ2n) is 4.97. The molecule has 0 aliphatic rings. The molecule has 1 aromatic heterocycles. The summed E-state index contributed by atoms with van der Waals surface area (Å²) >= 11 is 0. The van der Waals surface area contributed by atoms with Crippen LogP contribution in [-0.2, 0) is 13.0 Å². The number of nitrogens with one attached hydrogen (secondary N) is 1. The Hall–Kier alpha value is -1.90. The van der Waals surface area contributed by atoms with Crippen LogP contribution in [0.1, 0.15) is 24.0 Å². The lowest BCUT2D eigenvalue weighted by Gasteiger charge is -2.17. The van der Waals surface area contributed by atoms with Crippen molar-refractivity contribution >= 4 is 11.4 Å². The third kappa shape index (κ3) is 3.31. The number of nitrogens with zero attached hydrogens (tertiary/aromatic N) is 1. The summed E-state index contributed by atoms with van der Waals surface area (Å²) in [5.41, 5.74) is 3.63. The van der Waals surface area contributed by atoms with Crippen molar-refractivity contribution in [2.24, 2.45) is 0 Å². The molecule has 0 saturated heterocycles. The van der Waals surface area contributed by atoms with E-state index in [4.69, 9.17) is 4.42 Å². The van der Waals surface area contributed by atoms with Gasteiger partial charge in [0, 0.05) is 31.9 Å². The lowest BCUT2D eigenvalue weighted by Crippen LogP contribution is -2.10. The fourth-order valence-corrected chi connectivity index (χ4v) is 2.10. The molecule has 19 heavy (non-hydrogen) atoms. The average Bonchev–Trinajstić information content (AvgIpc) is 2.85. The third-order valence-electron chi connectivity index (χ3n) is 3.22. The number of hydrogen-bond donors (Lipinski definition) is 1. The van der Waals surface area contributed by atoms with Gasteiger partial charge < -0.3 is 14.6 Å². The van der Waals surface area contributed by atoms with E-state index in [2.05, 4.69) is 56.4 Å². The summed E-state index contributed by atoms with van der Waals surface area (Å²) < 4.78 is 5.68. The summed E-state index contributed by atoms with van der Waals surface area (Å²) in [6.45, 7) is 4.94. The highest BCUT2D eigenvalue weighted by Crippen LogP contribution is 2.23. The number of furan rings is 1. The maximum atomic E-state index is 5.68. The van der Waals surface area contributed by atoms with E-state index in [0.29, 0.717) is 0 Å². The Bertz CT molecular complexity index is 543. The summed E-state index contributed by atoms with van der Waals surface area (Å²) in [6.07, 6.45) is 0.940. The molecule has 0 spiro atoms. The molecule has 0 amide bonds. The Morgan fingerprint density at radius 1 is 1.11 bits per heavy atom. The minimum atomic E-state index is 0.718. The largest absolute Gasteiger partial charge is 0.464 e. The first kappa shape index (κ1) is 13.5. The van der Waals surface area contributed by atoms with Crippen molar-refractivity contribution in [2.45, 2.75) is 26.8 Å². The predicted molar refractivity (Wildman–Crippen MR) is 80.9 cm³/mol. The van der Waals surface area contributed by atoms with Crippen LogP contribution in [0.2, 0.25) is 0 Å². The molecule has 102 valence electrons. The van der Waals surface area contributed by atoms with E-state index in [1.165, 1.54) is 11.3 Å². The average molecular weight is 258 g/mol. The van der Waals surface area contributed by atoms with Crippen LogP contribution in [-0.4, -0.2) is 14.1 Å². The van der Waals surface area contributed by atoms with E-state index in [1.54, 1.807) is 0 Å². The summed E-state index contributed by atoms with van der Waals surface area (Å²) in [6, 6.07) is 10.5. The van der Waals surface area contributed by atoms with E-state index >= 15 is 0 Å². The molecule has 0 radical (unpaired) electrons. The number of hydrogen-bond acceptors (Lipinski definition) is 3. The molecule has 0 saturated carbocycles. The first-order chi connectivity index (χ1) is 9.10. The Morgan fingerprint density at radius 2 is 1.84 bits per heavy atom. The number of anilines is 2. The molecule has 1 aromatic carbocycles. The summed E-state index contributed by atoms with van der Waals surface area (Å²) in [7, 11) is 4.12. The lowest BCUT2D eigenvalue weighted by atomic mass is 10.1. The van der Waals surface area contributed by atoms with E-state index in [1.807, 2.05) is 12.1 Å². The Morgan fingerprint density at radius 3 is 2.47 bits per heavy atom. The molecule has 2 aromatic rings. The van der Waals surface area contributed by atoms with Crippen LogP contribution in [0.3, 0.4) is 0 Å². The monoisotopic (exact) mass is 258 g/mol. The minimum absolute atomic E-state index is 0.718. The highest BCUT2D eigenvalue weighted by atomic mass is 16.3. The molecule has 2 rings (SSSR count). The molecule has 0 aliphatic heterocycles. The Kier molecular flexibility index (Phi) is 4.15. The van der Waals surface area contributed by atoms with Gasteiger partial charge in [0.1, 0.15) is 11.5 Å². The van der Waals surface area contributed by atoms with Gasteiger partial charge in [-0.3, -0.25) is 0 Å².